The minimum Gasteiger partial charge on any atom is -0.510 e. The second kappa shape index (κ2) is 8.77. The molecule has 0 spiro atoms. The minimum absolute atomic E-state index is 0.177. The molecule has 3 aromatic rings. The number of hydrogen-bond acceptors (Lipinski definition) is 10. The number of aromatic hydroxyl groups is 1. The van der Waals surface area contributed by atoms with Gasteiger partial charge in [-0.3, -0.25) is 19.3 Å². The van der Waals surface area contributed by atoms with Crippen LogP contribution in [0.2, 0.25) is 0 Å². The fraction of sp³-hybridized carbons (Fsp3) is 0.300. The Labute approximate surface area is 233 Å². The summed E-state index contributed by atoms with van der Waals surface area (Å²) in [6.07, 6.45) is -1.65. The van der Waals surface area contributed by atoms with E-state index >= 15 is 0 Å². The van der Waals surface area contributed by atoms with E-state index in [-0.39, 0.29) is 16.9 Å². The molecule has 0 saturated heterocycles. The van der Waals surface area contributed by atoms with Gasteiger partial charge in [-0.2, -0.15) is 0 Å². The molecule has 3 aliphatic carbocycles. The van der Waals surface area contributed by atoms with Crippen LogP contribution in [0.1, 0.15) is 28.8 Å². The van der Waals surface area contributed by atoms with Crippen molar-refractivity contribution in [3.63, 3.8) is 0 Å². The maximum atomic E-state index is 14.0. The molecule has 0 saturated carbocycles. The molecule has 11 heteroatoms. The van der Waals surface area contributed by atoms with Crippen LogP contribution in [0.25, 0.3) is 22.3 Å². The summed E-state index contributed by atoms with van der Waals surface area (Å²) in [5.74, 6) is -9.03. The number of primary amides is 1. The number of phenols is 1. The van der Waals surface area contributed by atoms with Gasteiger partial charge in [-0.1, -0.05) is 31.2 Å². The van der Waals surface area contributed by atoms with Gasteiger partial charge in [0.05, 0.1) is 29.2 Å². The van der Waals surface area contributed by atoms with E-state index in [0.29, 0.717) is 11.1 Å². The maximum absolute atomic E-state index is 14.0. The van der Waals surface area contributed by atoms with Crippen LogP contribution in [0.5, 0.6) is 5.75 Å². The van der Waals surface area contributed by atoms with E-state index in [4.69, 9.17) is 10.2 Å². The lowest BCUT2D eigenvalue weighted by Crippen LogP contribution is -2.68. The molecule has 0 fully saturated rings. The molecule has 6 atom stereocenters. The Morgan fingerprint density at radius 1 is 1.07 bits per heavy atom. The summed E-state index contributed by atoms with van der Waals surface area (Å²) in [6, 6.07) is 10.8. The molecular weight excluding hydrogens is 532 g/mol. The number of nitrogens with two attached hydrogens (primary N) is 1. The standard InChI is InChI=1S/C30H28N2O9/c1-11-13-8-9-14(16-10-12-6-4-5-7-15(12)41-16)23(33)18(13)24(34)19-17(11)25(35)21-22(32(2)3)26(36)20(29(31)39)28(38)30(21,40)27(19)37/h4-11,17,21-22,25,33,35-37,40H,1-3H3,(H2,31,39)/t11-,17+,21+,22-,25-,30-/m0/s1. The van der Waals surface area contributed by atoms with Gasteiger partial charge in [0, 0.05) is 16.9 Å². The summed E-state index contributed by atoms with van der Waals surface area (Å²) in [4.78, 5) is 41.1. The summed E-state index contributed by atoms with van der Waals surface area (Å²) in [7, 11) is 2.97. The smallest absolute Gasteiger partial charge is 0.255 e. The van der Waals surface area contributed by atoms with Gasteiger partial charge in [-0.15, -0.1) is 0 Å². The van der Waals surface area contributed by atoms with Crippen molar-refractivity contribution in [2.45, 2.75) is 30.6 Å². The number of carbonyl (C=O) groups is 3. The molecule has 0 aliphatic heterocycles. The van der Waals surface area contributed by atoms with Crippen LogP contribution < -0.4 is 5.73 Å². The number of nitrogens with zero attached hydrogens (tertiary/aromatic N) is 1. The first-order valence-electron chi connectivity index (χ1n) is 13.0. The Morgan fingerprint density at radius 3 is 2.39 bits per heavy atom. The second-order valence-electron chi connectivity index (χ2n) is 11.1. The SMILES string of the molecule is C[C@H]1c2ccc(-c3cc4ccccc4o3)c(O)c2C(=O)C2=C(O)[C@]3(O)C(=O)C(C(N)=O)=C(O)[C@@H](N(C)C)[C@@H]3[C@@H](O)[C@@H]21. The van der Waals surface area contributed by atoms with Crippen LogP contribution in [0.4, 0.5) is 0 Å². The number of furan rings is 1. The van der Waals surface area contributed by atoms with Gasteiger partial charge in [0.25, 0.3) is 5.91 Å². The first-order valence-corrected chi connectivity index (χ1v) is 13.0. The third-order valence-electron chi connectivity index (χ3n) is 8.82. The molecule has 41 heavy (non-hydrogen) atoms. The van der Waals surface area contributed by atoms with Crippen LogP contribution in [-0.2, 0) is 9.59 Å². The Morgan fingerprint density at radius 2 is 1.76 bits per heavy atom. The summed E-state index contributed by atoms with van der Waals surface area (Å²) < 4.78 is 5.88. The lowest BCUT2D eigenvalue weighted by atomic mass is 9.55. The molecule has 7 N–H and O–H groups in total. The largest absolute Gasteiger partial charge is 0.510 e. The zero-order valence-electron chi connectivity index (χ0n) is 22.3. The fourth-order valence-electron chi connectivity index (χ4n) is 6.94. The van der Waals surface area contributed by atoms with E-state index in [1.807, 2.05) is 12.1 Å². The van der Waals surface area contributed by atoms with Gasteiger partial charge in [0.15, 0.2) is 11.4 Å². The summed E-state index contributed by atoms with van der Waals surface area (Å²) in [6.45, 7) is 1.68. The number of likely N-dealkylation sites (N-methyl/N-ethyl adjacent to an activating group) is 1. The zero-order valence-corrected chi connectivity index (χ0v) is 22.3. The number of phenolic OH excluding ortho intramolecular Hbond substituents is 1. The van der Waals surface area contributed by atoms with Crippen molar-refractivity contribution in [2.24, 2.45) is 17.6 Å². The molecule has 0 bridgehead atoms. The van der Waals surface area contributed by atoms with Gasteiger partial charge in [-0.25, -0.2) is 0 Å². The van der Waals surface area contributed by atoms with E-state index in [1.165, 1.54) is 19.0 Å². The normalized spacial score (nSPS) is 29.6. The highest BCUT2D eigenvalue weighted by Crippen LogP contribution is 2.56. The van der Waals surface area contributed by atoms with Crippen LogP contribution in [-0.4, -0.2) is 79.7 Å². The van der Waals surface area contributed by atoms with Gasteiger partial charge < -0.3 is 35.7 Å². The lowest BCUT2D eigenvalue weighted by molar-refractivity contribution is -0.162. The minimum atomic E-state index is -2.96. The van der Waals surface area contributed by atoms with E-state index in [1.54, 1.807) is 37.3 Å². The quantitative estimate of drug-likeness (QED) is 0.258. The molecule has 212 valence electrons. The predicted octanol–water partition coefficient (Wildman–Crippen LogP) is 2.07. The van der Waals surface area contributed by atoms with Crippen molar-refractivity contribution in [1.29, 1.82) is 0 Å². The number of amides is 1. The Balaban J connectivity index is 1.57. The monoisotopic (exact) mass is 560 g/mol. The fourth-order valence-corrected chi connectivity index (χ4v) is 6.94. The first kappa shape index (κ1) is 26.8. The van der Waals surface area contributed by atoms with E-state index < -0.39 is 81.4 Å². The van der Waals surface area contributed by atoms with Gasteiger partial charge >= 0.3 is 0 Å². The van der Waals surface area contributed by atoms with Crippen LogP contribution in [0.15, 0.2) is 69.5 Å². The Bertz CT molecular complexity index is 1720. The second-order valence-corrected chi connectivity index (χ2v) is 11.1. The van der Waals surface area contributed by atoms with Crippen molar-refractivity contribution >= 4 is 28.4 Å². The topological polar surface area (TPSA) is 195 Å². The molecule has 1 aromatic heterocycles. The Hall–Kier alpha value is -4.45. The maximum Gasteiger partial charge on any atom is 0.255 e. The molecule has 11 nitrogen and oxygen atoms in total. The van der Waals surface area contributed by atoms with Crippen molar-refractivity contribution in [1.82, 2.24) is 4.90 Å². The van der Waals surface area contributed by atoms with Crippen LogP contribution in [0.3, 0.4) is 0 Å². The number of Topliss-reactive ketones (excluding diaryl/α,β-unsaturated/α-hetero) is 2. The number of aliphatic hydroxyl groups excluding tert-OH is 3. The van der Waals surface area contributed by atoms with Crippen molar-refractivity contribution < 1.29 is 44.3 Å². The molecular formula is C30H28N2O9. The highest BCUT2D eigenvalue weighted by molar-refractivity contribution is 6.25. The Kier molecular flexibility index (Phi) is 5.73. The molecule has 3 aliphatic rings. The van der Waals surface area contributed by atoms with E-state index in [9.17, 15) is 39.9 Å². The van der Waals surface area contributed by atoms with E-state index in [0.717, 1.165) is 5.39 Å². The molecule has 1 heterocycles. The van der Waals surface area contributed by atoms with Gasteiger partial charge in [-0.05, 0) is 43.8 Å². The number of benzene rings is 2. The highest BCUT2D eigenvalue weighted by atomic mass is 16.4. The molecule has 0 unspecified atom stereocenters. The molecule has 6 rings (SSSR count). The number of carbonyl (C=O) groups excluding carboxylic acids is 3. The zero-order chi connectivity index (χ0) is 29.7. The number of aliphatic hydroxyl groups is 4. The summed E-state index contributed by atoms with van der Waals surface area (Å²) in [5, 5.41) is 58.0. The molecule has 2 aromatic carbocycles. The summed E-state index contributed by atoms with van der Waals surface area (Å²) >= 11 is 0. The predicted molar refractivity (Wildman–Crippen MR) is 145 cm³/mol. The van der Waals surface area contributed by atoms with Crippen LogP contribution in [0, 0.1) is 11.8 Å². The third-order valence-corrected chi connectivity index (χ3v) is 8.82. The number of fused-ring (bicyclic) bond motifs is 4. The highest BCUT2D eigenvalue weighted by Gasteiger charge is 2.67. The van der Waals surface area contributed by atoms with E-state index in [2.05, 4.69) is 0 Å². The average molecular weight is 561 g/mol. The van der Waals surface area contributed by atoms with Crippen molar-refractivity contribution in [2.75, 3.05) is 14.1 Å². The average Bonchev–Trinajstić information content (AvgIpc) is 3.34. The summed E-state index contributed by atoms with van der Waals surface area (Å²) in [5.41, 5.74) is 1.96. The third kappa shape index (κ3) is 3.33. The van der Waals surface area contributed by atoms with Crippen molar-refractivity contribution in [3.8, 4) is 17.1 Å². The van der Waals surface area contributed by atoms with Crippen LogP contribution >= 0.6 is 0 Å². The molecule has 1 amide bonds. The number of hydrogen-bond donors (Lipinski definition) is 6. The lowest BCUT2D eigenvalue weighted by Gasteiger charge is -2.53. The number of rotatable bonds is 3. The van der Waals surface area contributed by atoms with Gasteiger partial charge in [0.1, 0.15) is 34.2 Å². The molecule has 0 radical (unpaired) electrons. The number of para-hydroxylation sites is 1. The number of ketones is 2. The van der Waals surface area contributed by atoms with Crippen molar-refractivity contribution in [3.05, 3.63) is 76.3 Å². The first-order chi connectivity index (χ1) is 19.3. The van der Waals surface area contributed by atoms with Gasteiger partial charge in [0.2, 0.25) is 5.78 Å².